The Balaban J connectivity index is 2.22. The van der Waals surface area contributed by atoms with Gasteiger partial charge in [0.1, 0.15) is 5.82 Å². The molecule has 0 saturated carbocycles. The number of benzene rings is 2. The molecule has 0 bridgehead atoms. The van der Waals surface area contributed by atoms with Gasteiger partial charge in [-0.2, -0.15) is 0 Å². The van der Waals surface area contributed by atoms with E-state index in [4.69, 9.17) is 28.9 Å². The van der Waals surface area contributed by atoms with E-state index in [-0.39, 0.29) is 34.0 Å². The van der Waals surface area contributed by atoms with Gasteiger partial charge in [0, 0.05) is 24.7 Å². The molecule has 0 saturated heterocycles. The van der Waals surface area contributed by atoms with Crippen molar-refractivity contribution in [2.24, 2.45) is 0 Å². The minimum absolute atomic E-state index is 0.144. The molecule has 0 aliphatic heterocycles. The average Bonchev–Trinajstić information content (AvgIpc) is 2.45. The molecule has 2 N–H and O–H groups in total. The zero-order valence-corrected chi connectivity index (χ0v) is 12.7. The zero-order valence-electron chi connectivity index (χ0n) is 11.2. The highest BCUT2D eigenvalue weighted by atomic mass is 35.5. The lowest BCUT2D eigenvalue weighted by Gasteiger charge is -2.18. The lowest BCUT2D eigenvalue weighted by atomic mass is 10.1. The number of hydrogen-bond donors (Lipinski definition) is 1. The Hall–Kier alpha value is -1.78. The van der Waals surface area contributed by atoms with E-state index >= 15 is 0 Å². The Kier molecular flexibility index (Phi) is 4.70. The number of carbonyl (C=O) groups is 1. The van der Waals surface area contributed by atoms with E-state index in [1.165, 1.54) is 23.1 Å². The summed E-state index contributed by atoms with van der Waals surface area (Å²) in [6.45, 7) is 0.144. The molecule has 0 aromatic heterocycles. The monoisotopic (exact) mass is 326 g/mol. The van der Waals surface area contributed by atoms with Gasteiger partial charge in [0.15, 0.2) is 0 Å². The van der Waals surface area contributed by atoms with Crippen molar-refractivity contribution < 1.29 is 9.18 Å². The molecular formula is C15H13Cl2FN2O. The van der Waals surface area contributed by atoms with Crippen molar-refractivity contribution in [3.8, 4) is 0 Å². The van der Waals surface area contributed by atoms with Crippen LogP contribution < -0.4 is 5.73 Å². The normalized spacial score (nSPS) is 10.5. The first-order chi connectivity index (χ1) is 9.90. The fourth-order valence-electron chi connectivity index (χ4n) is 1.88. The summed E-state index contributed by atoms with van der Waals surface area (Å²) in [6.07, 6.45) is 0. The Labute approximate surface area is 132 Å². The van der Waals surface area contributed by atoms with Gasteiger partial charge in [-0.3, -0.25) is 4.79 Å². The van der Waals surface area contributed by atoms with Gasteiger partial charge in [-0.1, -0.05) is 41.4 Å². The minimum Gasteiger partial charge on any atom is -0.396 e. The summed E-state index contributed by atoms with van der Waals surface area (Å²) in [5.74, 6) is -0.674. The molecule has 2 aromatic rings. The Morgan fingerprint density at radius 3 is 2.38 bits per heavy atom. The molecule has 0 fully saturated rings. The van der Waals surface area contributed by atoms with E-state index in [0.29, 0.717) is 11.1 Å². The molecule has 0 atom stereocenters. The maximum absolute atomic E-state index is 13.6. The molecule has 2 aromatic carbocycles. The summed E-state index contributed by atoms with van der Waals surface area (Å²) in [5, 5.41) is 0.426. The second kappa shape index (κ2) is 6.33. The van der Waals surface area contributed by atoms with Crippen LogP contribution in [0.15, 0.2) is 36.4 Å². The maximum Gasteiger partial charge on any atom is 0.254 e. The fraction of sp³-hybridized carbons (Fsp3) is 0.133. The molecule has 110 valence electrons. The highest BCUT2D eigenvalue weighted by Crippen LogP contribution is 2.29. The van der Waals surface area contributed by atoms with Gasteiger partial charge >= 0.3 is 0 Å². The van der Waals surface area contributed by atoms with Crippen LogP contribution in [0.4, 0.5) is 10.1 Å². The van der Waals surface area contributed by atoms with Crippen LogP contribution in [-0.4, -0.2) is 17.9 Å². The van der Waals surface area contributed by atoms with Crippen molar-refractivity contribution >= 4 is 34.8 Å². The molecule has 0 radical (unpaired) electrons. The van der Waals surface area contributed by atoms with Gasteiger partial charge < -0.3 is 10.6 Å². The van der Waals surface area contributed by atoms with Crippen LogP contribution in [0.3, 0.4) is 0 Å². The number of carbonyl (C=O) groups excluding carboxylic acids is 1. The van der Waals surface area contributed by atoms with E-state index in [0.717, 1.165) is 0 Å². The van der Waals surface area contributed by atoms with Crippen molar-refractivity contribution in [3.63, 3.8) is 0 Å². The average molecular weight is 327 g/mol. The highest BCUT2D eigenvalue weighted by Gasteiger charge is 2.16. The summed E-state index contributed by atoms with van der Waals surface area (Å²) in [5.41, 5.74) is 6.60. The fourth-order valence-corrected chi connectivity index (χ4v) is 2.37. The Bertz CT molecular complexity index is 668. The number of hydrogen-bond acceptors (Lipinski definition) is 2. The van der Waals surface area contributed by atoms with Crippen LogP contribution in [0.25, 0.3) is 0 Å². The van der Waals surface area contributed by atoms with Crippen LogP contribution in [0.2, 0.25) is 10.0 Å². The van der Waals surface area contributed by atoms with Gasteiger partial charge in [0.2, 0.25) is 0 Å². The van der Waals surface area contributed by atoms with Crippen molar-refractivity contribution in [2.75, 3.05) is 12.8 Å². The standard InChI is InChI=1S/C15H13Cl2FN2O/c1-20(8-9-4-2-3-5-13(9)18)15(21)10-6-11(16)14(19)12(17)7-10/h2-7H,8,19H2,1H3. The molecule has 2 rings (SSSR count). The lowest BCUT2D eigenvalue weighted by molar-refractivity contribution is 0.0784. The van der Waals surface area contributed by atoms with Gasteiger partial charge in [0.05, 0.1) is 15.7 Å². The Morgan fingerprint density at radius 1 is 1.24 bits per heavy atom. The molecule has 21 heavy (non-hydrogen) atoms. The molecule has 6 heteroatoms. The predicted octanol–water partition coefficient (Wildman–Crippen LogP) is 3.99. The summed E-state index contributed by atoms with van der Waals surface area (Å²) >= 11 is 11.8. The summed E-state index contributed by atoms with van der Waals surface area (Å²) in [4.78, 5) is 13.7. The topological polar surface area (TPSA) is 46.3 Å². The minimum atomic E-state index is -0.356. The van der Waals surface area contributed by atoms with E-state index in [2.05, 4.69) is 0 Å². The number of nitrogen functional groups attached to an aromatic ring is 1. The van der Waals surface area contributed by atoms with Crippen LogP contribution in [-0.2, 0) is 6.54 Å². The molecule has 0 unspecified atom stereocenters. The zero-order chi connectivity index (χ0) is 15.6. The first-order valence-corrected chi connectivity index (χ1v) is 6.89. The van der Waals surface area contributed by atoms with Crippen molar-refractivity contribution in [2.45, 2.75) is 6.54 Å². The van der Waals surface area contributed by atoms with E-state index < -0.39 is 0 Å². The first-order valence-electron chi connectivity index (χ1n) is 6.13. The highest BCUT2D eigenvalue weighted by molar-refractivity contribution is 6.39. The number of anilines is 1. The quantitative estimate of drug-likeness (QED) is 0.867. The Morgan fingerprint density at radius 2 is 1.81 bits per heavy atom. The van der Waals surface area contributed by atoms with Crippen LogP contribution >= 0.6 is 23.2 Å². The van der Waals surface area contributed by atoms with E-state index in [1.807, 2.05) is 0 Å². The van der Waals surface area contributed by atoms with Gasteiger partial charge in [-0.25, -0.2) is 4.39 Å². The molecule has 1 amide bonds. The number of nitrogens with two attached hydrogens (primary N) is 1. The maximum atomic E-state index is 13.6. The number of rotatable bonds is 3. The van der Waals surface area contributed by atoms with E-state index in [1.54, 1.807) is 25.2 Å². The summed E-state index contributed by atoms with van der Waals surface area (Å²) in [6, 6.07) is 9.19. The van der Waals surface area contributed by atoms with E-state index in [9.17, 15) is 9.18 Å². The SMILES string of the molecule is CN(Cc1ccccc1F)C(=O)c1cc(Cl)c(N)c(Cl)c1. The third-order valence-electron chi connectivity index (χ3n) is 3.04. The molecular weight excluding hydrogens is 314 g/mol. The van der Waals surface area contributed by atoms with Crippen molar-refractivity contribution in [3.05, 3.63) is 63.4 Å². The van der Waals surface area contributed by atoms with Gasteiger partial charge in [0.25, 0.3) is 5.91 Å². The molecule has 0 aliphatic carbocycles. The largest absolute Gasteiger partial charge is 0.396 e. The van der Waals surface area contributed by atoms with Crippen molar-refractivity contribution in [1.82, 2.24) is 4.90 Å². The third kappa shape index (κ3) is 3.46. The lowest BCUT2D eigenvalue weighted by Crippen LogP contribution is -2.26. The number of halogens is 3. The predicted molar refractivity (Wildman–Crippen MR) is 83.1 cm³/mol. The van der Waals surface area contributed by atoms with Gasteiger partial charge in [-0.15, -0.1) is 0 Å². The second-order valence-corrected chi connectivity index (χ2v) is 5.42. The van der Waals surface area contributed by atoms with Crippen LogP contribution in [0.1, 0.15) is 15.9 Å². The first kappa shape index (κ1) is 15.6. The summed E-state index contributed by atoms with van der Waals surface area (Å²) in [7, 11) is 1.58. The van der Waals surface area contributed by atoms with Crippen molar-refractivity contribution in [1.29, 1.82) is 0 Å². The number of amides is 1. The number of nitrogens with zero attached hydrogens (tertiary/aromatic N) is 1. The molecule has 3 nitrogen and oxygen atoms in total. The molecule has 0 spiro atoms. The van der Waals surface area contributed by atoms with Gasteiger partial charge in [-0.05, 0) is 18.2 Å². The summed E-state index contributed by atoms with van der Waals surface area (Å²) < 4.78 is 13.6. The van der Waals surface area contributed by atoms with Crippen LogP contribution in [0.5, 0.6) is 0 Å². The molecule has 0 aliphatic rings. The smallest absolute Gasteiger partial charge is 0.254 e. The third-order valence-corrected chi connectivity index (χ3v) is 3.66. The van der Waals surface area contributed by atoms with Crippen LogP contribution in [0, 0.1) is 5.82 Å². The second-order valence-electron chi connectivity index (χ2n) is 4.61. The molecule has 0 heterocycles.